The number of fused-ring (bicyclic) bond motifs is 1. The topological polar surface area (TPSA) is 74.3 Å². The first-order chi connectivity index (χ1) is 13.5. The first kappa shape index (κ1) is 19.5. The number of hydrogen-bond donors (Lipinski definition) is 2. The first-order valence-electron chi connectivity index (χ1n) is 9.22. The van der Waals surface area contributed by atoms with Crippen LogP contribution in [0.4, 0.5) is 5.69 Å². The van der Waals surface area contributed by atoms with Crippen molar-refractivity contribution in [1.82, 2.24) is 15.2 Å². The van der Waals surface area contributed by atoms with E-state index >= 15 is 0 Å². The summed E-state index contributed by atoms with van der Waals surface area (Å²) >= 11 is 0. The van der Waals surface area contributed by atoms with Gasteiger partial charge in [-0.3, -0.25) is 14.6 Å². The van der Waals surface area contributed by atoms with E-state index in [9.17, 15) is 9.59 Å². The van der Waals surface area contributed by atoms with Crippen molar-refractivity contribution in [3.05, 3.63) is 71.9 Å². The van der Waals surface area contributed by atoms with Gasteiger partial charge in [0, 0.05) is 29.3 Å². The fourth-order valence-electron chi connectivity index (χ4n) is 2.87. The van der Waals surface area contributed by atoms with E-state index in [0.29, 0.717) is 23.4 Å². The zero-order valence-electron chi connectivity index (χ0n) is 16.1. The molecule has 3 rings (SSSR count). The number of pyridine rings is 1. The highest BCUT2D eigenvalue weighted by atomic mass is 16.2. The van der Waals surface area contributed by atoms with Crippen molar-refractivity contribution in [2.75, 3.05) is 32.5 Å². The highest BCUT2D eigenvalue weighted by Gasteiger charge is 2.11. The molecule has 144 valence electrons. The molecule has 0 aliphatic heterocycles. The number of para-hydroxylation sites is 1. The summed E-state index contributed by atoms with van der Waals surface area (Å²) in [7, 11) is 4.00. The smallest absolute Gasteiger partial charge is 0.255 e. The van der Waals surface area contributed by atoms with Crippen LogP contribution in [0.5, 0.6) is 0 Å². The highest BCUT2D eigenvalue weighted by molar-refractivity contribution is 6.08. The van der Waals surface area contributed by atoms with Crippen molar-refractivity contribution < 1.29 is 9.59 Å². The van der Waals surface area contributed by atoms with Crippen molar-refractivity contribution in [3.8, 4) is 0 Å². The Balaban J connectivity index is 1.63. The summed E-state index contributed by atoms with van der Waals surface area (Å²) < 4.78 is 0. The average molecular weight is 376 g/mol. The molecule has 2 amide bonds. The molecule has 2 aromatic carbocycles. The number of carbonyl (C=O) groups is 2. The van der Waals surface area contributed by atoms with Crippen LogP contribution < -0.4 is 10.6 Å². The second-order valence-corrected chi connectivity index (χ2v) is 6.82. The molecule has 0 bridgehead atoms. The molecule has 0 aliphatic rings. The lowest BCUT2D eigenvalue weighted by atomic mass is 10.1. The zero-order chi connectivity index (χ0) is 19.9. The normalized spacial score (nSPS) is 10.8. The molecule has 0 radical (unpaired) electrons. The quantitative estimate of drug-likeness (QED) is 0.621. The van der Waals surface area contributed by atoms with E-state index in [1.165, 1.54) is 0 Å². The maximum Gasteiger partial charge on any atom is 0.255 e. The van der Waals surface area contributed by atoms with Crippen molar-refractivity contribution in [2.24, 2.45) is 0 Å². The predicted molar refractivity (Wildman–Crippen MR) is 112 cm³/mol. The molecule has 6 nitrogen and oxygen atoms in total. The predicted octanol–water partition coefficient (Wildman–Crippen LogP) is 3.17. The van der Waals surface area contributed by atoms with Gasteiger partial charge in [0.1, 0.15) is 0 Å². The highest BCUT2D eigenvalue weighted by Crippen LogP contribution is 2.21. The Hall–Kier alpha value is -3.25. The maximum atomic E-state index is 12.6. The van der Waals surface area contributed by atoms with Crippen LogP contribution in [0.2, 0.25) is 0 Å². The lowest BCUT2D eigenvalue weighted by Gasteiger charge is -2.10. The second-order valence-electron chi connectivity index (χ2n) is 6.82. The van der Waals surface area contributed by atoms with Crippen LogP contribution in [0.1, 0.15) is 27.1 Å². The number of nitrogens with one attached hydrogen (secondary N) is 2. The lowest BCUT2D eigenvalue weighted by molar-refractivity contribution is 0.0950. The van der Waals surface area contributed by atoms with Crippen LogP contribution in [0.25, 0.3) is 10.9 Å². The van der Waals surface area contributed by atoms with Gasteiger partial charge in [-0.15, -0.1) is 0 Å². The van der Waals surface area contributed by atoms with Gasteiger partial charge in [-0.25, -0.2) is 0 Å². The Bertz CT molecular complexity index is 962. The Kier molecular flexibility index (Phi) is 6.34. The molecule has 0 saturated heterocycles. The Labute approximate surface area is 164 Å². The van der Waals surface area contributed by atoms with Crippen LogP contribution in [-0.2, 0) is 0 Å². The van der Waals surface area contributed by atoms with Gasteiger partial charge in [0.2, 0.25) is 0 Å². The largest absolute Gasteiger partial charge is 0.352 e. The van der Waals surface area contributed by atoms with Gasteiger partial charge < -0.3 is 15.5 Å². The molecule has 1 aromatic heterocycles. The fraction of sp³-hybridized carbons (Fsp3) is 0.227. The molecule has 0 unspecified atom stereocenters. The third kappa shape index (κ3) is 4.92. The third-order valence-corrected chi connectivity index (χ3v) is 4.36. The number of nitrogens with zero attached hydrogens (tertiary/aromatic N) is 2. The molecule has 0 aliphatic carbocycles. The third-order valence-electron chi connectivity index (χ3n) is 4.36. The minimum Gasteiger partial charge on any atom is -0.352 e. The summed E-state index contributed by atoms with van der Waals surface area (Å²) in [5.74, 6) is -0.375. The minimum absolute atomic E-state index is 0.135. The first-order valence-corrected chi connectivity index (χ1v) is 9.22. The fourth-order valence-corrected chi connectivity index (χ4v) is 2.87. The van der Waals surface area contributed by atoms with Gasteiger partial charge in [0.05, 0.1) is 11.2 Å². The molecule has 28 heavy (non-hydrogen) atoms. The van der Waals surface area contributed by atoms with Gasteiger partial charge in [0.15, 0.2) is 0 Å². The van der Waals surface area contributed by atoms with E-state index in [1.54, 1.807) is 30.5 Å². The lowest BCUT2D eigenvalue weighted by Crippen LogP contribution is -2.27. The van der Waals surface area contributed by atoms with Gasteiger partial charge in [-0.05, 0) is 63.5 Å². The molecular formula is C22H24N4O2. The Morgan fingerprint density at radius 3 is 2.32 bits per heavy atom. The summed E-state index contributed by atoms with van der Waals surface area (Å²) in [6.45, 7) is 1.54. The number of rotatable bonds is 7. The molecule has 3 aromatic rings. The van der Waals surface area contributed by atoms with E-state index in [1.807, 2.05) is 44.4 Å². The standard InChI is InChI=1S/C22H24N4O2/c1-26(2)15-5-14-24-21(27)17-9-11-18(12-10-17)22(28)25-19-8-3-6-16-7-4-13-23-20(16)19/h3-4,6-13H,5,14-15H2,1-2H3,(H,24,27)(H,25,28). The van der Waals surface area contributed by atoms with Crippen molar-refractivity contribution in [2.45, 2.75) is 6.42 Å². The number of amides is 2. The summed E-state index contributed by atoms with van der Waals surface area (Å²) in [5, 5.41) is 6.74. The maximum absolute atomic E-state index is 12.6. The number of carbonyl (C=O) groups excluding carboxylic acids is 2. The van der Waals surface area contributed by atoms with E-state index in [-0.39, 0.29) is 11.8 Å². The summed E-state index contributed by atoms with van der Waals surface area (Å²) in [4.78, 5) is 31.2. The Morgan fingerprint density at radius 1 is 0.929 bits per heavy atom. The number of anilines is 1. The van der Waals surface area contributed by atoms with Crippen LogP contribution >= 0.6 is 0 Å². The average Bonchev–Trinajstić information content (AvgIpc) is 2.71. The van der Waals surface area contributed by atoms with Crippen LogP contribution in [-0.4, -0.2) is 48.9 Å². The monoisotopic (exact) mass is 376 g/mol. The number of aromatic nitrogens is 1. The van der Waals surface area contributed by atoms with Gasteiger partial charge in [-0.2, -0.15) is 0 Å². The van der Waals surface area contributed by atoms with Gasteiger partial charge in [0.25, 0.3) is 11.8 Å². The SMILES string of the molecule is CN(C)CCCNC(=O)c1ccc(C(=O)Nc2cccc3cccnc23)cc1. The molecule has 0 saturated carbocycles. The summed E-state index contributed by atoms with van der Waals surface area (Å²) in [5.41, 5.74) is 2.42. The molecule has 0 fully saturated rings. The molecule has 1 heterocycles. The molecule has 0 spiro atoms. The van der Waals surface area contributed by atoms with E-state index in [4.69, 9.17) is 0 Å². The molecule has 0 atom stereocenters. The minimum atomic E-state index is -0.240. The van der Waals surface area contributed by atoms with E-state index in [0.717, 1.165) is 23.9 Å². The second kappa shape index (κ2) is 9.10. The molecular weight excluding hydrogens is 352 g/mol. The van der Waals surface area contributed by atoms with Gasteiger partial charge >= 0.3 is 0 Å². The van der Waals surface area contributed by atoms with Crippen molar-refractivity contribution in [3.63, 3.8) is 0 Å². The number of hydrogen-bond acceptors (Lipinski definition) is 4. The van der Waals surface area contributed by atoms with Crippen LogP contribution in [0.3, 0.4) is 0 Å². The van der Waals surface area contributed by atoms with E-state index < -0.39 is 0 Å². The summed E-state index contributed by atoms with van der Waals surface area (Å²) in [6, 6.07) is 16.1. The van der Waals surface area contributed by atoms with Crippen molar-refractivity contribution in [1.29, 1.82) is 0 Å². The molecule has 2 N–H and O–H groups in total. The zero-order valence-corrected chi connectivity index (χ0v) is 16.1. The Morgan fingerprint density at radius 2 is 1.61 bits per heavy atom. The van der Waals surface area contributed by atoms with Crippen LogP contribution in [0, 0.1) is 0 Å². The van der Waals surface area contributed by atoms with Crippen LogP contribution in [0.15, 0.2) is 60.8 Å². The van der Waals surface area contributed by atoms with E-state index in [2.05, 4.69) is 20.5 Å². The summed E-state index contributed by atoms with van der Waals surface area (Å²) in [6.07, 6.45) is 2.59. The molecule has 6 heteroatoms. The number of benzene rings is 2. The van der Waals surface area contributed by atoms with Crippen molar-refractivity contribution >= 4 is 28.4 Å². The van der Waals surface area contributed by atoms with Gasteiger partial charge in [-0.1, -0.05) is 18.2 Å².